The van der Waals surface area contributed by atoms with Gasteiger partial charge in [-0.15, -0.1) is 0 Å². The molecule has 2 aromatic carbocycles. The number of aryl methyl sites for hydroxylation is 1. The van der Waals surface area contributed by atoms with Crippen LogP contribution in [-0.2, 0) is 0 Å². The summed E-state index contributed by atoms with van der Waals surface area (Å²) in [6.45, 7) is 2.00. The molecular weight excluding hydrogens is 440 g/mol. The number of amides is 1. The molecule has 0 aromatic heterocycles. The van der Waals surface area contributed by atoms with Crippen LogP contribution in [0.3, 0.4) is 0 Å². The maximum Gasteiger partial charge on any atom is 0.256 e. The molecule has 0 aliphatic heterocycles. The molecule has 2 aromatic rings. The summed E-state index contributed by atoms with van der Waals surface area (Å²) < 4.78 is 1.83. The number of hydrogen-bond acceptors (Lipinski definition) is 1. The molecule has 5 heteroatoms. The van der Waals surface area contributed by atoms with Gasteiger partial charge in [-0.25, -0.2) is 0 Å². The van der Waals surface area contributed by atoms with E-state index >= 15 is 0 Å². The van der Waals surface area contributed by atoms with Crippen molar-refractivity contribution in [3.63, 3.8) is 0 Å². The summed E-state index contributed by atoms with van der Waals surface area (Å²) in [5.41, 5.74) is 2.44. The highest BCUT2D eigenvalue weighted by molar-refractivity contribution is 14.1. The van der Waals surface area contributed by atoms with Crippen LogP contribution in [0.1, 0.15) is 15.9 Å². The third-order valence-electron chi connectivity index (χ3n) is 2.60. The lowest BCUT2D eigenvalue weighted by atomic mass is 10.2. The molecule has 0 aliphatic rings. The Morgan fingerprint density at radius 2 is 2.00 bits per heavy atom. The quantitative estimate of drug-likeness (QED) is 0.621. The second-order valence-electron chi connectivity index (χ2n) is 4.04. The third kappa shape index (κ3) is 3.70. The highest BCUT2D eigenvalue weighted by Gasteiger charge is 2.11. The summed E-state index contributed by atoms with van der Waals surface area (Å²) in [7, 11) is 0. The van der Waals surface area contributed by atoms with E-state index in [0.717, 1.165) is 19.3 Å². The van der Waals surface area contributed by atoms with E-state index in [1.54, 1.807) is 12.1 Å². The van der Waals surface area contributed by atoms with E-state index < -0.39 is 0 Å². The average molecular weight is 451 g/mol. The van der Waals surface area contributed by atoms with Crippen LogP contribution in [0.4, 0.5) is 5.69 Å². The molecule has 0 atom stereocenters. The molecule has 0 bridgehead atoms. The summed E-state index contributed by atoms with van der Waals surface area (Å²) in [5, 5.41) is 3.41. The van der Waals surface area contributed by atoms with Crippen LogP contribution in [0.2, 0.25) is 5.02 Å². The average Bonchev–Trinajstić information content (AvgIpc) is 2.36. The highest BCUT2D eigenvalue weighted by Crippen LogP contribution is 2.23. The number of nitrogens with one attached hydrogen (secondary N) is 1. The highest BCUT2D eigenvalue weighted by atomic mass is 127. The topological polar surface area (TPSA) is 29.1 Å². The van der Waals surface area contributed by atoms with Crippen LogP contribution >= 0.6 is 50.1 Å². The van der Waals surface area contributed by atoms with Gasteiger partial charge >= 0.3 is 0 Å². The predicted molar refractivity (Wildman–Crippen MR) is 91.0 cm³/mol. The molecular formula is C14H10BrClINO. The number of benzene rings is 2. The van der Waals surface area contributed by atoms with Crippen molar-refractivity contribution < 1.29 is 4.79 Å². The van der Waals surface area contributed by atoms with Crippen LogP contribution < -0.4 is 5.32 Å². The van der Waals surface area contributed by atoms with E-state index in [9.17, 15) is 4.79 Å². The molecule has 0 radical (unpaired) electrons. The minimum atomic E-state index is -0.164. The van der Waals surface area contributed by atoms with Crippen molar-refractivity contribution in [3.05, 3.63) is 60.6 Å². The van der Waals surface area contributed by atoms with Gasteiger partial charge in [-0.05, 0) is 65.4 Å². The summed E-state index contributed by atoms with van der Waals surface area (Å²) >= 11 is 11.5. The van der Waals surface area contributed by atoms with Crippen molar-refractivity contribution in [1.29, 1.82) is 0 Å². The van der Waals surface area contributed by atoms with E-state index in [2.05, 4.69) is 43.8 Å². The van der Waals surface area contributed by atoms with Gasteiger partial charge in [0, 0.05) is 18.8 Å². The Morgan fingerprint density at radius 3 is 2.68 bits per heavy atom. The van der Waals surface area contributed by atoms with Crippen molar-refractivity contribution in [1.82, 2.24) is 0 Å². The molecule has 0 spiro atoms. The van der Waals surface area contributed by atoms with Crippen LogP contribution in [0.25, 0.3) is 0 Å². The van der Waals surface area contributed by atoms with E-state index in [4.69, 9.17) is 11.6 Å². The van der Waals surface area contributed by atoms with Gasteiger partial charge in [0.25, 0.3) is 5.91 Å². The molecule has 0 saturated heterocycles. The van der Waals surface area contributed by atoms with Crippen molar-refractivity contribution in [3.8, 4) is 0 Å². The fourth-order valence-corrected chi connectivity index (χ4v) is 2.67. The fourth-order valence-electron chi connectivity index (χ4n) is 1.54. The van der Waals surface area contributed by atoms with Crippen LogP contribution in [0, 0.1) is 10.5 Å². The first-order valence-corrected chi connectivity index (χ1v) is 7.75. The van der Waals surface area contributed by atoms with Gasteiger partial charge in [0.1, 0.15) is 0 Å². The molecule has 19 heavy (non-hydrogen) atoms. The van der Waals surface area contributed by atoms with Crippen molar-refractivity contribution in [2.24, 2.45) is 0 Å². The van der Waals surface area contributed by atoms with Crippen molar-refractivity contribution in [2.45, 2.75) is 6.92 Å². The maximum atomic E-state index is 12.2. The lowest BCUT2D eigenvalue weighted by Crippen LogP contribution is -2.13. The van der Waals surface area contributed by atoms with Gasteiger partial charge in [-0.2, -0.15) is 0 Å². The Bertz CT molecular complexity index is 645. The Kier molecular flexibility index (Phi) is 4.86. The molecule has 98 valence electrons. The first-order chi connectivity index (χ1) is 8.97. The Labute approximate surface area is 138 Å². The first kappa shape index (κ1) is 14.8. The van der Waals surface area contributed by atoms with Crippen molar-refractivity contribution in [2.75, 3.05) is 5.32 Å². The summed E-state index contributed by atoms with van der Waals surface area (Å²) in [4.78, 5) is 12.2. The molecule has 0 heterocycles. The second kappa shape index (κ2) is 6.24. The second-order valence-corrected chi connectivity index (χ2v) is 6.50. The van der Waals surface area contributed by atoms with Gasteiger partial charge in [0.2, 0.25) is 0 Å². The Morgan fingerprint density at radius 1 is 1.26 bits per heavy atom. The summed E-state index contributed by atoms with van der Waals surface area (Å²) in [6, 6.07) is 11.0. The van der Waals surface area contributed by atoms with E-state index in [1.165, 1.54) is 0 Å². The zero-order valence-electron chi connectivity index (χ0n) is 10.0. The zero-order valence-corrected chi connectivity index (χ0v) is 14.5. The fraction of sp³-hybridized carbons (Fsp3) is 0.0714. The van der Waals surface area contributed by atoms with Crippen molar-refractivity contribution >= 4 is 61.7 Å². The molecule has 0 aliphatic carbocycles. The third-order valence-corrected chi connectivity index (χ3v) is 4.63. The number of anilines is 1. The minimum absolute atomic E-state index is 0.164. The van der Waals surface area contributed by atoms with Crippen LogP contribution in [-0.4, -0.2) is 5.91 Å². The number of carbonyl (C=O) groups is 1. The molecule has 0 saturated carbocycles. The smallest absolute Gasteiger partial charge is 0.256 e. The van der Waals surface area contributed by atoms with E-state index in [1.807, 2.05) is 31.2 Å². The summed E-state index contributed by atoms with van der Waals surface area (Å²) in [6.07, 6.45) is 0. The van der Waals surface area contributed by atoms with Crippen LogP contribution in [0.15, 0.2) is 40.9 Å². The van der Waals surface area contributed by atoms with Crippen LogP contribution in [0.5, 0.6) is 0 Å². The van der Waals surface area contributed by atoms with Gasteiger partial charge in [0.15, 0.2) is 0 Å². The predicted octanol–water partition coefficient (Wildman–Crippen LogP) is 5.27. The van der Waals surface area contributed by atoms with E-state index in [-0.39, 0.29) is 5.91 Å². The molecule has 2 nitrogen and oxygen atoms in total. The molecule has 2 rings (SSSR count). The number of rotatable bonds is 2. The largest absolute Gasteiger partial charge is 0.322 e. The monoisotopic (exact) mass is 449 g/mol. The Hall–Kier alpha value is -0.590. The normalized spacial score (nSPS) is 10.3. The molecule has 1 N–H and O–H groups in total. The Balaban J connectivity index is 2.25. The first-order valence-electron chi connectivity index (χ1n) is 5.50. The van der Waals surface area contributed by atoms with Gasteiger partial charge in [0.05, 0.1) is 5.56 Å². The lowest BCUT2D eigenvalue weighted by Gasteiger charge is -2.08. The minimum Gasteiger partial charge on any atom is -0.322 e. The number of carbonyl (C=O) groups excluding carboxylic acids is 1. The van der Waals surface area contributed by atoms with Gasteiger partial charge < -0.3 is 5.32 Å². The molecule has 1 amide bonds. The number of halogens is 3. The lowest BCUT2D eigenvalue weighted by molar-refractivity contribution is 0.102. The van der Waals surface area contributed by atoms with E-state index in [0.29, 0.717) is 10.6 Å². The number of hydrogen-bond donors (Lipinski definition) is 1. The molecule has 0 unspecified atom stereocenters. The summed E-state index contributed by atoms with van der Waals surface area (Å²) in [5.74, 6) is -0.164. The zero-order chi connectivity index (χ0) is 14.0. The SMILES string of the molecule is Cc1ccc(NC(=O)c2cc(Cl)ccc2I)cc1Br. The molecule has 0 fully saturated rings. The van der Waals surface area contributed by atoms with Gasteiger partial charge in [-0.3, -0.25) is 4.79 Å². The standard InChI is InChI=1S/C14H10BrClINO/c1-8-2-4-10(7-12(8)15)18-14(19)11-6-9(16)3-5-13(11)17/h2-7H,1H3,(H,18,19). The van der Waals surface area contributed by atoms with Gasteiger partial charge in [-0.1, -0.05) is 33.6 Å². The maximum absolute atomic E-state index is 12.2.